The monoisotopic (exact) mass is 693 g/mol. The second-order valence-corrected chi connectivity index (χ2v) is 14.9. The van der Waals surface area contributed by atoms with E-state index < -0.39 is 12.1 Å². The van der Waals surface area contributed by atoms with E-state index in [-0.39, 0.29) is 30.0 Å². The van der Waals surface area contributed by atoms with Gasteiger partial charge in [0.05, 0.1) is 49.1 Å². The van der Waals surface area contributed by atoms with Crippen LogP contribution >= 0.6 is 0 Å². The van der Waals surface area contributed by atoms with Gasteiger partial charge in [0.15, 0.2) is 0 Å². The third-order valence-electron chi connectivity index (χ3n) is 11.2. The maximum atomic E-state index is 13.9. The number of carbonyl (C=O) groups is 2. The van der Waals surface area contributed by atoms with Crippen LogP contribution in [0.5, 0.6) is 5.75 Å². The van der Waals surface area contributed by atoms with E-state index in [2.05, 4.69) is 57.9 Å². The van der Waals surface area contributed by atoms with E-state index in [1.165, 1.54) is 18.2 Å². The quantitative estimate of drug-likeness (QED) is 0.180. The number of methoxy groups -OCH3 is 2. The van der Waals surface area contributed by atoms with Crippen LogP contribution in [-0.2, 0) is 33.7 Å². The molecule has 2 saturated heterocycles. The number of imidazole rings is 2. The predicted molar refractivity (Wildman–Crippen MR) is 192 cm³/mol. The topological polar surface area (TPSA) is 146 Å². The van der Waals surface area contributed by atoms with Gasteiger partial charge in [-0.1, -0.05) is 26.0 Å². The van der Waals surface area contributed by atoms with Crippen LogP contribution in [0, 0.1) is 11.8 Å². The highest BCUT2D eigenvalue weighted by molar-refractivity contribution is 5.87. The Morgan fingerprint density at radius 3 is 2.71 bits per heavy atom. The molecule has 5 atom stereocenters. The Morgan fingerprint density at radius 2 is 1.90 bits per heavy atom. The summed E-state index contributed by atoms with van der Waals surface area (Å²) in [6.07, 6.45) is 5.66. The molecule has 0 bridgehead atoms. The normalized spacial score (nSPS) is 22.5. The van der Waals surface area contributed by atoms with E-state index in [0.29, 0.717) is 12.5 Å². The van der Waals surface area contributed by atoms with Gasteiger partial charge in [0.1, 0.15) is 30.0 Å². The minimum absolute atomic E-state index is 0.0204. The zero-order valence-electron chi connectivity index (χ0n) is 30.0. The molecular weight excluding hydrogens is 646 g/mol. The zero-order valence-corrected chi connectivity index (χ0v) is 30.0. The first kappa shape index (κ1) is 33.5. The summed E-state index contributed by atoms with van der Waals surface area (Å²) in [6.45, 7) is 8.10. The first-order chi connectivity index (χ1) is 24.7. The van der Waals surface area contributed by atoms with Crippen LogP contribution in [0.15, 0.2) is 36.5 Å². The van der Waals surface area contributed by atoms with Crippen molar-refractivity contribution >= 4 is 12.0 Å². The lowest BCUT2D eigenvalue weighted by Gasteiger charge is -2.32. The second-order valence-electron chi connectivity index (χ2n) is 14.9. The molecule has 51 heavy (non-hydrogen) atoms. The Hall–Kier alpha value is -4.68. The van der Waals surface area contributed by atoms with Crippen molar-refractivity contribution in [2.24, 2.45) is 11.8 Å². The van der Waals surface area contributed by atoms with Crippen LogP contribution in [0.25, 0.3) is 33.6 Å². The summed E-state index contributed by atoms with van der Waals surface area (Å²) in [5, 5.41) is 6.32. The summed E-state index contributed by atoms with van der Waals surface area (Å²) in [5.74, 6) is 2.91. The first-order valence-electron chi connectivity index (χ1n) is 18.2. The van der Waals surface area contributed by atoms with Gasteiger partial charge in [0.2, 0.25) is 5.91 Å². The molecule has 8 rings (SSSR count). The molecule has 12 nitrogen and oxygen atoms in total. The number of hydrogen-bond acceptors (Lipinski definition) is 8. The maximum Gasteiger partial charge on any atom is 0.407 e. The van der Waals surface area contributed by atoms with Crippen molar-refractivity contribution in [1.29, 1.82) is 0 Å². The summed E-state index contributed by atoms with van der Waals surface area (Å²) in [5.41, 5.74) is 9.90. The largest absolute Gasteiger partial charge is 0.488 e. The molecule has 5 heterocycles. The van der Waals surface area contributed by atoms with E-state index in [4.69, 9.17) is 24.2 Å². The number of aromatic amines is 2. The lowest BCUT2D eigenvalue weighted by Crippen LogP contribution is -2.52. The lowest BCUT2D eigenvalue weighted by atomic mass is 9.86. The maximum absolute atomic E-state index is 13.9. The summed E-state index contributed by atoms with van der Waals surface area (Å²) in [7, 11) is 3.07. The number of aromatic nitrogens is 4. The third-order valence-corrected chi connectivity index (χ3v) is 11.2. The number of fused-ring (bicyclic) bond motifs is 6. The molecule has 4 aromatic rings. The molecule has 2 amide bonds. The Kier molecular flexibility index (Phi) is 8.83. The molecule has 2 aromatic heterocycles. The number of ether oxygens (including phenoxy) is 3. The van der Waals surface area contributed by atoms with Crippen LogP contribution in [0.4, 0.5) is 4.79 Å². The fourth-order valence-corrected chi connectivity index (χ4v) is 8.46. The number of hydrogen-bond donors (Lipinski definition) is 4. The molecule has 0 spiro atoms. The Morgan fingerprint density at radius 1 is 1.04 bits per heavy atom. The number of amides is 2. The fraction of sp³-hybridized carbons (Fsp3) is 0.487. The number of aryl methyl sites for hydroxylation is 2. The van der Waals surface area contributed by atoms with E-state index in [9.17, 15) is 9.59 Å². The molecular formula is C39H47N7O5. The molecule has 12 heteroatoms. The van der Waals surface area contributed by atoms with Crippen LogP contribution in [0.3, 0.4) is 0 Å². The smallest absolute Gasteiger partial charge is 0.407 e. The number of rotatable bonds is 8. The van der Waals surface area contributed by atoms with Crippen molar-refractivity contribution in [2.75, 3.05) is 27.4 Å². The molecule has 0 radical (unpaired) electrons. The van der Waals surface area contributed by atoms with E-state index in [1.807, 2.05) is 24.9 Å². The number of nitrogens with zero attached hydrogens (tertiary/aromatic N) is 3. The number of carbonyl (C=O) groups excluding carboxylic acids is 2. The summed E-state index contributed by atoms with van der Waals surface area (Å²) in [4.78, 5) is 44.9. The van der Waals surface area contributed by atoms with Gasteiger partial charge in [-0.15, -0.1) is 0 Å². The average molecular weight is 694 g/mol. The van der Waals surface area contributed by atoms with Gasteiger partial charge >= 0.3 is 6.09 Å². The number of benzene rings is 2. The second kappa shape index (κ2) is 13.5. The molecule has 2 fully saturated rings. The number of nitrogens with one attached hydrogen (secondary N) is 4. The number of alkyl carbamates (subject to hydrolysis) is 1. The highest BCUT2D eigenvalue weighted by atomic mass is 16.5. The first-order valence-corrected chi connectivity index (χ1v) is 18.2. The minimum Gasteiger partial charge on any atom is -0.488 e. The van der Waals surface area contributed by atoms with Crippen molar-refractivity contribution in [1.82, 2.24) is 35.5 Å². The molecule has 1 aliphatic carbocycles. The standard InChI is InChI=1S/C39H47N7O5/c1-20(2)34(45-39(48)50-5)38(47)46-21(3)6-11-32(46)37-42-29-10-8-23-14-28-26-9-7-24(13-25(26)19-51-33(28)15-27(23)35(29)44-37)31-17-41-36(43-31)30-12-22(16-40-30)18-49-4/h7,9,13-15,17,20-22,30,32,34,40H,6,8,10-12,16,18-19H2,1-5H3,(H,41,43)(H,42,44)(H,45,48)/t21-,22-,30-,32-,34-/m0/s1. The zero-order chi connectivity index (χ0) is 35.4. The van der Waals surface area contributed by atoms with E-state index in [1.54, 1.807) is 7.11 Å². The van der Waals surface area contributed by atoms with E-state index >= 15 is 0 Å². The molecule has 4 N–H and O–H groups in total. The fourth-order valence-electron chi connectivity index (χ4n) is 8.46. The van der Waals surface area contributed by atoms with E-state index in [0.717, 1.165) is 102 Å². The van der Waals surface area contributed by atoms with Gasteiger partial charge in [-0.2, -0.15) is 0 Å². The predicted octanol–water partition coefficient (Wildman–Crippen LogP) is 5.85. The summed E-state index contributed by atoms with van der Waals surface area (Å²) < 4.78 is 16.6. The Bertz CT molecular complexity index is 1970. The number of H-pyrrole nitrogens is 2. The lowest BCUT2D eigenvalue weighted by molar-refractivity contribution is -0.137. The highest BCUT2D eigenvalue weighted by Crippen LogP contribution is 2.46. The number of likely N-dealkylation sites (tertiary alicyclic amines) is 1. The molecule has 0 unspecified atom stereocenters. The van der Waals surface area contributed by atoms with Crippen molar-refractivity contribution in [3.63, 3.8) is 0 Å². The third kappa shape index (κ3) is 6.08. The molecule has 2 aromatic carbocycles. The Balaban J connectivity index is 1.04. The van der Waals surface area contributed by atoms with Gasteiger partial charge in [0.25, 0.3) is 0 Å². The van der Waals surface area contributed by atoms with Crippen LogP contribution in [0.1, 0.15) is 80.6 Å². The van der Waals surface area contributed by atoms with Crippen molar-refractivity contribution in [2.45, 2.75) is 83.6 Å². The molecule has 4 aliphatic rings. The molecule has 0 saturated carbocycles. The minimum atomic E-state index is -0.686. The van der Waals surface area contributed by atoms with Gasteiger partial charge in [-0.05, 0) is 91.3 Å². The van der Waals surface area contributed by atoms with Gasteiger partial charge < -0.3 is 39.7 Å². The Labute approximate surface area is 298 Å². The van der Waals surface area contributed by atoms with Crippen molar-refractivity contribution in [3.05, 3.63) is 65.0 Å². The van der Waals surface area contributed by atoms with Gasteiger partial charge in [-0.3, -0.25) is 4.79 Å². The molecule has 3 aliphatic heterocycles. The SMILES string of the molecule is COC[C@@H]1CN[C@H](c2ncc(-c3ccc4c(c3)COc3cc5c(cc3-4)CCc3nc([C@@H]4CC[C@H](C)N4C(=O)[C@@H](NC(=O)OC)C(C)C)[nH]c3-5)[nH]2)C1. The van der Waals surface area contributed by atoms with Crippen LogP contribution in [-0.4, -0.2) is 76.3 Å². The van der Waals surface area contributed by atoms with Gasteiger partial charge in [0, 0.05) is 30.8 Å². The van der Waals surface area contributed by atoms with Crippen molar-refractivity contribution in [3.8, 4) is 39.4 Å². The average Bonchev–Trinajstić information content (AvgIpc) is 3.95. The summed E-state index contributed by atoms with van der Waals surface area (Å²) >= 11 is 0. The summed E-state index contributed by atoms with van der Waals surface area (Å²) in [6, 6.07) is 10.4. The van der Waals surface area contributed by atoms with Gasteiger partial charge in [-0.25, -0.2) is 14.8 Å². The highest BCUT2D eigenvalue weighted by Gasteiger charge is 2.42. The van der Waals surface area contributed by atoms with Crippen molar-refractivity contribution < 1.29 is 23.8 Å². The van der Waals surface area contributed by atoms with Crippen LogP contribution < -0.4 is 15.4 Å². The van der Waals surface area contributed by atoms with Crippen LogP contribution in [0.2, 0.25) is 0 Å². The molecule has 268 valence electrons.